The molecule has 0 fully saturated rings. The Bertz CT molecular complexity index is 739. The number of aliphatic carboxylic acids is 1. The first kappa shape index (κ1) is 18.7. The minimum Gasteiger partial charge on any atom is -0.481 e. The molecule has 2 aromatic rings. The van der Waals surface area contributed by atoms with E-state index in [0.29, 0.717) is 10.7 Å². The van der Waals surface area contributed by atoms with Crippen molar-refractivity contribution in [2.75, 3.05) is 13.6 Å². The van der Waals surface area contributed by atoms with Crippen molar-refractivity contribution in [3.63, 3.8) is 0 Å². The average molecular weight is 362 g/mol. The third kappa shape index (κ3) is 5.19. The molecule has 2 unspecified atom stereocenters. The lowest BCUT2D eigenvalue weighted by molar-refractivity contribution is -0.141. The van der Waals surface area contributed by atoms with Crippen LogP contribution in [0.25, 0.3) is 0 Å². The molecule has 1 heterocycles. The standard InChI is InChI=1S/C18H20ClN3O3/c1-12(17(23)24)11-22(2)18(25)21-16(15-8-3-4-9-20-15)13-6-5-7-14(19)10-13/h3-10,12,16H,11H2,1-2H3,(H,21,25)(H,23,24). The number of carbonyl (C=O) groups is 2. The van der Waals surface area contributed by atoms with Gasteiger partial charge in [-0.15, -0.1) is 0 Å². The lowest BCUT2D eigenvalue weighted by atomic mass is 10.0. The summed E-state index contributed by atoms with van der Waals surface area (Å²) in [4.78, 5) is 29.1. The maximum Gasteiger partial charge on any atom is 0.317 e. The van der Waals surface area contributed by atoms with Crippen LogP contribution in [0, 0.1) is 5.92 Å². The molecular formula is C18H20ClN3O3. The Balaban J connectivity index is 2.22. The van der Waals surface area contributed by atoms with E-state index in [2.05, 4.69) is 10.3 Å². The van der Waals surface area contributed by atoms with E-state index in [0.717, 1.165) is 5.56 Å². The number of halogens is 1. The van der Waals surface area contributed by atoms with Crippen molar-refractivity contribution in [2.45, 2.75) is 13.0 Å². The van der Waals surface area contributed by atoms with Crippen molar-refractivity contribution in [1.29, 1.82) is 0 Å². The second-order valence-electron chi connectivity index (χ2n) is 5.81. The second kappa shape index (κ2) is 8.48. The highest BCUT2D eigenvalue weighted by Crippen LogP contribution is 2.23. The molecule has 25 heavy (non-hydrogen) atoms. The van der Waals surface area contributed by atoms with Gasteiger partial charge in [0.25, 0.3) is 0 Å². The Morgan fingerprint density at radius 2 is 2.04 bits per heavy atom. The summed E-state index contributed by atoms with van der Waals surface area (Å²) in [5, 5.41) is 12.4. The third-order valence-corrected chi connectivity index (χ3v) is 3.98. The topological polar surface area (TPSA) is 82.5 Å². The molecule has 6 nitrogen and oxygen atoms in total. The average Bonchev–Trinajstić information content (AvgIpc) is 2.59. The van der Waals surface area contributed by atoms with Crippen molar-refractivity contribution in [3.05, 3.63) is 64.9 Å². The van der Waals surface area contributed by atoms with E-state index >= 15 is 0 Å². The minimum atomic E-state index is -0.948. The fourth-order valence-corrected chi connectivity index (χ4v) is 2.57. The molecule has 2 rings (SSSR count). The van der Waals surface area contributed by atoms with Crippen LogP contribution in [-0.4, -0.2) is 40.6 Å². The number of hydrogen-bond donors (Lipinski definition) is 2. The summed E-state index contributed by atoms with van der Waals surface area (Å²) in [6, 6.07) is 11.7. The van der Waals surface area contributed by atoms with Crippen molar-refractivity contribution in [2.24, 2.45) is 5.92 Å². The van der Waals surface area contributed by atoms with Crippen LogP contribution in [0.5, 0.6) is 0 Å². The molecule has 2 N–H and O–H groups in total. The first-order valence-electron chi connectivity index (χ1n) is 7.79. The van der Waals surface area contributed by atoms with Gasteiger partial charge < -0.3 is 15.3 Å². The largest absolute Gasteiger partial charge is 0.481 e. The van der Waals surface area contributed by atoms with Crippen molar-refractivity contribution in [1.82, 2.24) is 15.2 Å². The zero-order valence-electron chi connectivity index (χ0n) is 14.0. The van der Waals surface area contributed by atoms with Crippen LogP contribution in [0.4, 0.5) is 4.79 Å². The zero-order valence-corrected chi connectivity index (χ0v) is 14.8. The normalized spacial score (nSPS) is 12.9. The van der Waals surface area contributed by atoms with Gasteiger partial charge in [0.1, 0.15) is 0 Å². The number of carboxylic acids is 1. The molecule has 0 saturated carbocycles. The first-order chi connectivity index (χ1) is 11.9. The molecule has 0 aliphatic carbocycles. The van der Waals surface area contributed by atoms with Gasteiger partial charge in [0.15, 0.2) is 0 Å². The highest BCUT2D eigenvalue weighted by Gasteiger charge is 2.22. The van der Waals surface area contributed by atoms with Gasteiger partial charge in [-0.25, -0.2) is 4.79 Å². The van der Waals surface area contributed by atoms with E-state index in [1.807, 2.05) is 18.2 Å². The highest BCUT2D eigenvalue weighted by atomic mass is 35.5. The monoisotopic (exact) mass is 361 g/mol. The molecule has 0 radical (unpaired) electrons. The van der Waals surface area contributed by atoms with Crippen LogP contribution in [0.3, 0.4) is 0 Å². The number of carboxylic acid groups (broad SMARTS) is 1. The van der Waals surface area contributed by atoms with E-state index < -0.39 is 17.9 Å². The SMILES string of the molecule is CC(CN(C)C(=O)NC(c1cccc(Cl)c1)c1ccccn1)C(=O)O. The fourth-order valence-electron chi connectivity index (χ4n) is 2.37. The predicted molar refractivity (Wildman–Crippen MR) is 95.5 cm³/mol. The maximum absolute atomic E-state index is 12.5. The van der Waals surface area contributed by atoms with E-state index in [1.54, 1.807) is 44.4 Å². The number of benzene rings is 1. The van der Waals surface area contributed by atoms with E-state index in [9.17, 15) is 9.59 Å². The summed E-state index contributed by atoms with van der Waals surface area (Å²) in [7, 11) is 1.56. The van der Waals surface area contributed by atoms with Crippen molar-refractivity contribution < 1.29 is 14.7 Å². The molecule has 2 amide bonds. The minimum absolute atomic E-state index is 0.103. The van der Waals surface area contributed by atoms with E-state index in [1.165, 1.54) is 4.90 Å². The lowest BCUT2D eigenvalue weighted by Crippen LogP contribution is -2.42. The van der Waals surface area contributed by atoms with E-state index in [4.69, 9.17) is 16.7 Å². The zero-order chi connectivity index (χ0) is 18.4. The van der Waals surface area contributed by atoms with Gasteiger partial charge in [-0.1, -0.05) is 36.7 Å². The van der Waals surface area contributed by atoms with Crippen LogP contribution < -0.4 is 5.32 Å². The van der Waals surface area contributed by atoms with Crippen LogP contribution in [-0.2, 0) is 4.79 Å². The van der Waals surface area contributed by atoms with Gasteiger partial charge in [0, 0.05) is 24.8 Å². The van der Waals surface area contributed by atoms with Crippen LogP contribution in [0.1, 0.15) is 24.2 Å². The third-order valence-electron chi connectivity index (χ3n) is 3.75. The molecule has 0 spiro atoms. The number of amides is 2. The number of pyridine rings is 1. The van der Waals surface area contributed by atoms with Gasteiger partial charge in [0.2, 0.25) is 0 Å². The molecule has 7 heteroatoms. The number of carbonyl (C=O) groups excluding carboxylic acids is 1. The molecule has 132 valence electrons. The number of nitrogens with zero attached hydrogens (tertiary/aromatic N) is 2. The van der Waals surface area contributed by atoms with Gasteiger partial charge in [-0.05, 0) is 29.8 Å². The molecule has 1 aromatic carbocycles. The predicted octanol–water partition coefficient (Wildman–Crippen LogP) is 3.19. The second-order valence-corrected chi connectivity index (χ2v) is 6.25. The van der Waals surface area contributed by atoms with Crippen molar-refractivity contribution >= 4 is 23.6 Å². The van der Waals surface area contributed by atoms with Gasteiger partial charge in [0.05, 0.1) is 17.7 Å². The van der Waals surface area contributed by atoms with Crippen LogP contribution in [0.15, 0.2) is 48.7 Å². The first-order valence-corrected chi connectivity index (χ1v) is 8.17. The molecule has 1 aromatic heterocycles. The van der Waals surface area contributed by atoms with Gasteiger partial charge in [-0.2, -0.15) is 0 Å². The molecule has 0 aliphatic heterocycles. The number of nitrogens with one attached hydrogen (secondary N) is 1. The maximum atomic E-state index is 12.5. The summed E-state index contributed by atoms with van der Waals surface area (Å²) in [6.45, 7) is 1.66. The Hall–Kier alpha value is -2.60. The molecule has 0 bridgehead atoms. The number of rotatable bonds is 6. The van der Waals surface area contributed by atoms with Gasteiger partial charge in [-0.3, -0.25) is 9.78 Å². The quantitative estimate of drug-likeness (QED) is 0.827. The Labute approximate surface area is 151 Å². The number of urea groups is 1. The number of hydrogen-bond acceptors (Lipinski definition) is 3. The smallest absolute Gasteiger partial charge is 0.317 e. The lowest BCUT2D eigenvalue weighted by Gasteiger charge is -2.25. The van der Waals surface area contributed by atoms with E-state index in [-0.39, 0.29) is 12.6 Å². The summed E-state index contributed by atoms with van der Waals surface area (Å²) < 4.78 is 0. The Kier molecular flexibility index (Phi) is 6.36. The highest BCUT2D eigenvalue weighted by molar-refractivity contribution is 6.30. The fraction of sp³-hybridized carbons (Fsp3) is 0.278. The van der Waals surface area contributed by atoms with Crippen LogP contribution >= 0.6 is 11.6 Å². The Morgan fingerprint density at radius 3 is 2.64 bits per heavy atom. The Morgan fingerprint density at radius 1 is 1.28 bits per heavy atom. The summed E-state index contributed by atoms with van der Waals surface area (Å²) in [5.74, 6) is -1.61. The molecule has 2 atom stereocenters. The molecular weight excluding hydrogens is 342 g/mol. The summed E-state index contributed by atoms with van der Waals surface area (Å²) in [5.41, 5.74) is 1.46. The van der Waals surface area contributed by atoms with Crippen LogP contribution in [0.2, 0.25) is 5.02 Å². The van der Waals surface area contributed by atoms with Crippen molar-refractivity contribution in [3.8, 4) is 0 Å². The van der Waals surface area contributed by atoms with Gasteiger partial charge >= 0.3 is 12.0 Å². The summed E-state index contributed by atoms with van der Waals surface area (Å²) in [6.07, 6.45) is 1.65. The molecule has 0 aliphatic rings. The number of aromatic nitrogens is 1. The summed E-state index contributed by atoms with van der Waals surface area (Å²) >= 11 is 6.07. The molecule has 0 saturated heterocycles.